The zero-order valence-corrected chi connectivity index (χ0v) is 10.3. The molecule has 1 saturated carbocycles. The van der Waals surface area contributed by atoms with Gasteiger partial charge in [0.2, 0.25) is 5.91 Å². The standard InChI is InChI=1S/C13H22N2O2/c16-8-10-4-2-6-15(10)13(17)12-11-5-1-3-9(11)7-14-12/h9-12,14,16H,1-8H2/t9?,10-,11?,12?/m0/s1. The molecule has 2 saturated heterocycles. The molecule has 96 valence electrons. The molecule has 0 aromatic carbocycles. The fourth-order valence-electron chi connectivity index (χ4n) is 3.95. The van der Waals surface area contributed by atoms with Crippen LogP contribution in [0.2, 0.25) is 0 Å². The van der Waals surface area contributed by atoms with Crippen LogP contribution in [0.3, 0.4) is 0 Å². The normalized spacial score (nSPS) is 40.9. The number of likely N-dealkylation sites (tertiary alicyclic amines) is 1. The quantitative estimate of drug-likeness (QED) is 0.730. The van der Waals surface area contributed by atoms with E-state index in [0.29, 0.717) is 5.92 Å². The SMILES string of the molecule is O=C(C1NCC2CCCC21)N1CCC[C@H]1CO. The Bertz CT molecular complexity index is 308. The van der Waals surface area contributed by atoms with Gasteiger partial charge < -0.3 is 15.3 Å². The third-order valence-corrected chi connectivity index (χ3v) is 4.88. The van der Waals surface area contributed by atoms with Crippen molar-refractivity contribution in [3.63, 3.8) is 0 Å². The predicted molar refractivity (Wildman–Crippen MR) is 64.4 cm³/mol. The summed E-state index contributed by atoms with van der Waals surface area (Å²) in [6.07, 6.45) is 5.77. The maximum atomic E-state index is 12.5. The molecule has 0 bridgehead atoms. The van der Waals surface area contributed by atoms with Crippen molar-refractivity contribution in [1.82, 2.24) is 10.2 Å². The van der Waals surface area contributed by atoms with Gasteiger partial charge in [-0.25, -0.2) is 0 Å². The lowest BCUT2D eigenvalue weighted by Gasteiger charge is -2.28. The molecule has 2 N–H and O–H groups in total. The molecule has 4 nitrogen and oxygen atoms in total. The second-order valence-electron chi connectivity index (χ2n) is 5.75. The average Bonchev–Trinajstić information content (AvgIpc) is 3.03. The van der Waals surface area contributed by atoms with Gasteiger partial charge in [-0.15, -0.1) is 0 Å². The van der Waals surface area contributed by atoms with Crippen LogP contribution in [0.15, 0.2) is 0 Å². The van der Waals surface area contributed by atoms with E-state index in [1.54, 1.807) is 0 Å². The maximum absolute atomic E-state index is 12.5. The Balaban J connectivity index is 1.69. The van der Waals surface area contributed by atoms with Gasteiger partial charge in [0.25, 0.3) is 0 Å². The number of hydrogen-bond acceptors (Lipinski definition) is 3. The molecule has 0 radical (unpaired) electrons. The van der Waals surface area contributed by atoms with E-state index >= 15 is 0 Å². The number of carbonyl (C=O) groups excluding carboxylic acids is 1. The van der Waals surface area contributed by atoms with Crippen LogP contribution in [0.5, 0.6) is 0 Å². The van der Waals surface area contributed by atoms with Crippen LogP contribution < -0.4 is 5.32 Å². The number of carbonyl (C=O) groups is 1. The van der Waals surface area contributed by atoms with E-state index in [4.69, 9.17) is 0 Å². The fraction of sp³-hybridized carbons (Fsp3) is 0.923. The first-order chi connectivity index (χ1) is 8.31. The van der Waals surface area contributed by atoms with Crippen molar-refractivity contribution in [2.45, 2.75) is 44.2 Å². The Kier molecular flexibility index (Phi) is 3.09. The highest BCUT2D eigenvalue weighted by Gasteiger charge is 2.45. The van der Waals surface area contributed by atoms with E-state index in [9.17, 15) is 9.90 Å². The molecular formula is C13H22N2O2. The molecule has 2 heterocycles. The van der Waals surface area contributed by atoms with Gasteiger partial charge in [0.05, 0.1) is 18.7 Å². The molecule has 3 fully saturated rings. The third kappa shape index (κ3) is 1.87. The summed E-state index contributed by atoms with van der Waals surface area (Å²) in [6, 6.07) is 0.111. The lowest BCUT2D eigenvalue weighted by atomic mass is 9.93. The molecule has 0 spiro atoms. The lowest BCUT2D eigenvalue weighted by Crippen LogP contribution is -2.49. The van der Waals surface area contributed by atoms with Crippen LogP contribution in [-0.4, -0.2) is 47.7 Å². The minimum absolute atomic E-state index is 0.0367. The third-order valence-electron chi connectivity index (χ3n) is 4.88. The minimum atomic E-state index is 0.0367. The van der Waals surface area contributed by atoms with Gasteiger partial charge in [-0.3, -0.25) is 4.79 Å². The predicted octanol–water partition coefficient (Wildman–Crippen LogP) is 0.358. The van der Waals surface area contributed by atoms with Crippen molar-refractivity contribution in [1.29, 1.82) is 0 Å². The van der Waals surface area contributed by atoms with E-state index in [0.717, 1.165) is 31.8 Å². The highest BCUT2D eigenvalue weighted by atomic mass is 16.3. The summed E-state index contributed by atoms with van der Waals surface area (Å²) in [5.74, 6) is 1.53. The second-order valence-corrected chi connectivity index (χ2v) is 5.75. The van der Waals surface area contributed by atoms with Crippen molar-refractivity contribution in [3.05, 3.63) is 0 Å². The topological polar surface area (TPSA) is 52.6 Å². The van der Waals surface area contributed by atoms with Gasteiger partial charge in [0.1, 0.15) is 0 Å². The van der Waals surface area contributed by atoms with Crippen LogP contribution in [0.4, 0.5) is 0 Å². The minimum Gasteiger partial charge on any atom is -0.394 e. The number of hydrogen-bond donors (Lipinski definition) is 2. The Morgan fingerprint density at radius 3 is 3.00 bits per heavy atom. The number of aliphatic hydroxyl groups is 1. The average molecular weight is 238 g/mol. The summed E-state index contributed by atoms with van der Waals surface area (Å²) in [5, 5.41) is 12.7. The van der Waals surface area contributed by atoms with Crippen molar-refractivity contribution >= 4 is 5.91 Å². The number of fused-ring (bicyclic) bond motifs is 1. The molecule has 3 rings (SSSR count). The molecule has 3 unspecified atom stereocenters. The van der Waals surface area contributed by atoms with Gasteiger partial charge in [-0.1, -0.05) is 6.42 Å². The van der Waals surface area contributed by atoms with Crippen LogP contribution in [-0.2, 0) is 4.79 Å². The summed E-state index contributed by atoms with van der Waals surface area (Å²) in [7, 11) is 0. The van der Waals surface area contributed by atoms with Gasteiger partial charge >= 0.3 is 0 Å². The molecule has 4 atom stereocenters. The second kappa shape index (κ2) is 4.58. The number of nitrogens with one attached hydrogen (secondary N) is 1. The van der Waals surface area contributed by atoms with E-state index in [1.807, 2.05) is 4.90 Å². The molecule has 17 heavy (non-hydrogen) atoms. The van der Waals surface area contributed by atoms with E-state index in [1.165, 1.54) is 19.3 Å². The first kappa shape index (κ1) is 11.5. The Hall–Kier alpha value is -0.610. The first-order valence-electron chi connectivity index (χ1n) is 6.96. The summed E-state index contributed by atoms with van der Waals surface area (Å²) in [4.78, 5) is 14.4. The molecule has 1 amide bonds. The molecule has 0 aromatic heterocycles. The van der Waals surface area contributed by atoms with Crippen molar-refractivity contribution < 1.29 is 9.90 Å². The van der Waals surface area contributed by atoms with Crippen molar-refractivity contribution in [3.8, 4) is 0 Å². The number of amides is 1. The summed E-state index contributed by atoms with van der Waals surface area (Å²) in [6.45, 7) is 1.96. The molecule has 2 aliphatic heterocycles. The molecular weight excluding hydrogens is 216 g/mol. The lowest BCUT2D eigenvalue weighted by molar-refractivity contribution is -0.135. The molecule has 3 aliphatic rings. The molecule has 0 aromatic rings. The largest absolute Gasteiger partial charge is 0.394 e. The fourth-order valence-corrected chi connectivity index (χ4v) is 3.95. The smallest absolute Gasteiger partial charge is 0.240 e. The van der Waals surface area contributed by atoms with Crippen LogP contribution >= 0.6 is 0 Å². The Labute approximate surface area is 102 Å². The molecule has 4 heteroatoms. The van der Waals surface area contributed by atoms with Crippen LogP contribution in [0.1, 0.15) is 32.1 Å². The summed E-state index contributed by atoms with van der Waals surface area (Å²) < 4.78 is 0. The van der Waals surface area contributed by atoms with Gasteiger partial charge in [0.15, 0.2) is 0 Å². The Morgan fingerprint density at radius 1 is 1.29 bits per heavy atom. The van der Waals surface area contributed by atoms with Gasteiger partial charge in [0, 0.05) is 6.54 Å². The highest BCUT2D eigenvalue weighted by molar-refractivity contribution is 5.83. The summed E-state index contributed by atoms with van der Waals surface area (Å²) >= 11 is 0. The van der Waals surface area contributed by atoms with Crippen LogP contribution in [0, 0.1) is 11.8 Å². The Morgan fingerprint density at radius 2 is 2.18 bits per heavy atom. The van der Waals surface area contributed by atoms with Crippen LogP contribution in [0.25, 0.3) is 0 Å². The zero-order valence-electron chi connectivity index (χ0n) is 10.3. The zero-order chi connectivity index (χ0) is 11.8. The maximum Gasteiger partial charge on any atom is 0.240 e. The van der Waals surface area contributed by atoms with Gasteiger partial charge in [-0.05, 0) is 44.1 Å². The summed E-state index contributed by atoms with van der Waals surface area (Å²) in [5.41, 5.74) is 0. The molecule has 1 aliphatic carbocycles. The number of rotatable bonds is 2. The first-order valence-corrected chi connectivity index (χ1v) is 6.96. The van der Waals surface area contributed by atoms with Crippen molar-refractivity contribution in [2.24, 2.45) is 11.8 Å². The number of nitrogens with zero attached hydrogens (tertiary/aromatic N) is 1. The number of aliphatic hydroxyl groups excluding tert-OH is 1. The monoisotopic (exact) mass is 238 g/mol. The van der Waals surface area contributed by atoms with E-state index in [-0.39, 0.29) is 24.6 Å². The highest BCUT2D eigenvalue weighted by Crippen LogP contribution is 2.38. The van der Waals surface area contributed by atoms with E-state index < -0.39 is 0 Å². The van der Waals surface area contributed by atoms with Gasteiger partial charge in [-0.2, -0.15) is 0 Å². The van der Waals surface area contributed by atoms with Crippen molar-refractivity contribution in [2.75, 3.05) is 19.7 Å². The van der Waals surface area contributed by atoms with E-state index in [2.05, 4.69) is 5.32 Å².